The largest absolute Gasteiger partial charge is 0.450 e. The number of hydrogen-bond acceptors (Lipinski definition) is 4. The minimum absolute atomic E-state index is 0.0221. The van der Waals surface area contributed by atoms with Crippen LogP contribution in [0.1, 0.15) is 53.4 Å². The van der Waals surface area contributed by atoms with Crippen LogP contribution >= 0.6 is 0 Å². The molecule has 0 spiro atoms. The highest BCUT2D eigenvalue weighted by molar-refractivity contribution is 5.78. The summed E-state index contributed by atoms with van der Waals surface area (Å²) in [6.07, 6.45) is 4.10. The molecule has 1 amide bonds. The molecule has 2 aliphatic heterocycles. The van der Waals surface area contributed by atoms with Crippen molar-refractivity contribution in [1.82, 2.24) is 15.1 Å². The van der Waals surface area contributed by atoms with Gasteiger partial charge in [0.15, 0.2) is 5.96 Å². The zero-order valence-electron chi connectivity index (χ0n) is 17.0. The first kappa shape index (κ1) is 20.8. The van der Waals surface area contributed by atoms with Gasteiger partial charge in [-0.05, 0) is 58.9 Å². The first-order valence-corrected chi connectivity index (χ1v) is 10.0. The van der Waals surface area contributed by atoms with Crippen molar-refractivity contribution in [3.63, 3.8) is 0 Å². The lowest BCUT2D eigenvalue weighted by atomic mass is 9.94. The van der Waals surface area contributed by atoms with Crippen LogP contribution in [0.25, 0.3) is 0 Å². The maximum Gasteiger partial charge on any atom is 0.409 e. The topological polar surface area (TPSA) is 83.2 Å². The van der Waals surface area contributed by atoms with E-state index in [1.807, 2.05) is 6.92 Å². The summed E-state index contributed by atoms with van der Waals surface area (Å²) in [6.45, 7) is 13.4. The second-order valence-corrected chi connectivity index (χ2v) is 8.31. The first-order chi connectivity index (χ1) is 12.3. The molecule has 2 heterocycles. The van der Waals surface area contributed by atoms with Gasteiger partial charge in [0.1, 0.15) is 0 Å². The monoisotopic (exact) mass is 367 g/mol. The highest BCUT2D eigenvalue weighted by Gasteiger charge is 2.30. The molecule has 26 heavy (non-hydrogen) atoms. The Balaban J connectivity index is 1.77. The molecule has 7 nitrogen and oxygen atoms in total. The van der Waals surface area contributed by atoms with Gasteiger partial charge >= 0.3 is 6.09 Å². The minimum atomic E-state index is -0.218. The number of guanidine groups is 1. The van der Waals surface area contributed by atoms with Gasteiger partial charge in [0.05, 0.1) is 13.2 Å². The van der Waals surface area contributed by atoms with Gasteiger partial charge in [-0.2, -0.15) is 0 Å². The van der Waals surface area contributed by atoms with Crippen molar-refractivity contribution in [1.29, 1.82) is 0 Å². The number of carbonyl (C=O) groups is 1. The third-order valence-corrected chi connectivity index (χ3v) is 5.52. The Morgan fingerprint density at radius 3 is 2.58 bits per heavy atom. The van der Waals surface area contributed by atoms with Crippen molar-refractivity contribution in [2.45, 2.75) is 65.0 Å². The van der Waals surface area contributed by atoms with Gasteiger partial charge < -0.3 is 20.7 Å². The minimum Gasteiger partial charge on any atom is -0.450 e. The Bertz CT molecular complexity index is 486. The molecule has 3 N–H and O–H groups in total. The normalized spacial score (nSPS) is 23.8. The van der Waals surface area contributed by atoms with Crippen LogP contribution in [-0.2, 0) is 4.74 Å². The Kier molecular flexibility index (Phi) is 7.55. The maximum absolute atomic E-state index is 11.7. The summed E-state index contributed by atoms with van der Waals surface area (Å²) >= 11 is 0. The van der Waals surface area contributed by atoms with E-state index in [9.17, 15) is 4.79 Å². The summed E-state index contributed by atoms with van der Waals surface area (Å²) in [5.74, 6) is 1.27. The molecule has 2 rings (SSSR count). The van der Waals surface area contributed by atoms with Gasteiger partial charge in [-0.15, -0.1) is 0 Å². The molecule has 0 radical (unpaired) electrons. The van der Waals surface area contributed by atoms with Crippen LogP contribution < -0.4 is 11.1 Å². The SMILES string of the molecule is CCOC(=O)N1CCC(NC(N)=NCC(C)(C)N2CCCC(C)C2)CC1. The Hall–Kier alpha value is -1.50. The number of likely N-dealkylation sites (tertiary alicyclic amines) is 2. The number of rotatable bonds is 5. The molecule has 1 unspecified atom stereocenters. The average molecular weight is 368 g/mol. The molecule has 2 saturated heterocycles. The number of ether oxygens (including phenoxy) is 1. The van der Waals surface area contributed by atoms with Crippen LogP contribution in [0, 0.1) is 5.92 Å². The molecule has 0 aromatic carbocycles. The highest BCUT2D eigenvalue weighted by Crippen LogP contribution is 2.24. The summed E-state index contributed by atoms with van der Waals surface area (Å²) in [6, 6.07) is 0.266. The van der Waals surface area contributed by atoms with Crippen molar-refractivity contribution in [2.75, 3.05) is 39.3 Å². The van der Waals surface area contributed by atoms with Crippen LogP contribution in [0.5, 0.6) is 0 Å². The van der Waals surface area contributed by atoms with Gasteiger partial charge in [0, 0.05) is 31.2 Å². The van der Waals surface area contributed by atoms with E-state index in [0.717, 1.165) is 31.8 Å². The van der Waals surface area contributed by atoms with Crippen LogP contribution in [0.3, 0.4) is 0 Å². The maximum atomic E-state index is 11.7. The molecule has 1 atom stereocenters. The Morgan fingerprint density at radius 2 is 1.96 bits per heavy atom. The second-order valence-electron chi connectivity index (χ2n) is 8.31. The van der Waals surface area contributed by atoms with E-state index in [1.54, 1.807) is 4.90 Å². The number of amides is 1. The van der Waals surface area contributed by atoms with Crippen molar-refractivity contribution >= 4 is 12.1 Å². The molecular weight excluding hydrogens is 330 g/mol. The van der Waals surface area contributed by atoms with E-state index in [1.165, 1.54) is 12.8 Å². The summed E-state index contributed by atoms with van der Waals surface area (Å²) in [5.41, 5.74) is 6.15. The van der Waals surface area contributed by atoms with E-state index in [0.29, 0.717) is 32.2 Å². The molecule has 0 aromatic heterocycles. The highest BCUT2D eigenvalue weighted by atomic mass is 16.6. The van der Waals surface area contributed by atoms with E-state index in [2.05, 4.69) is 36.0 Å². The third kappa shape index (κ3) is 6.04. The summed E-state index contributed by atoms with van der Waals surface area (Å²) in [5, 5.41) is 3.33. The van der Waals surface area contributed by atoms with Crippen molar-refractivity contribution < 1.29 is 9.53 Å². The number of hydrogen-bond donors (Lipinski definition) is 2. The molecular formula is C19H37N5O2. The number of aliphatic imine (C=N–C) groups is 1. The zero-order chi connectivity index (χ0) is 19.2. The molecule has 0 bridgehead atoms. The molecule has 0 aromatic rings. The fraction of sp³-hybridized carbons (Fsp3) is 0.895. The van der Waals surface area contributed by atoms with Gasteiger partial charge in [0.25, 0.3) is 0 Å². The first-order valence-electron chi connectivity index (χ1n) is 10.0. The van der Waals surface area contributed by atoms with E-state index in [-0.39, 0.29) is 17.7 Å². The van der Waals surface area contributed by atoms with E-state index < -0.39 is 0 Å². The summed E-state index contributed by atoms with van der Waals surface area (Å²) < 4.78 is 5.05. The quantitative estimate of drug-likeness (QED) is 0.574. The molecule has 0 saturated carbocycles. The lowest BCUT2D eigenvalue weighted by Crippen LogP contribution is -2.52. The number of nitrogens with zero attached hydrogens (tertiary/aromatic N) is 3. The predicted octanol–water partition coefficient (Wildman–Crippen LogP) is 2.02. The van der Waals surface area contributed by atoms with Gasteiger partial charge in [0.2, 0.25) is 0 Å². The Labute approximate surface area is 158 Å². The number of nitrogens with one attached hydrogen (secondary N) is 1. The average Bonchev–Trinajstić information content (AvgIpc) is 2.61. The zero-order valence-corrected chi connectivity index (χ0v) is 17.0. The smallest absolute Gasteiger partial charge is 0.409 e. The number of piperidine rings is 2. The van der Waals surface area contributed by atoms with E-state index in [4.69, 9.17) is 10.5 Å². The molecule has 2 fully saturated rings. The van der Waals surface area contributed by atoms with Crippen molar-refractivity contribution in [3.8, 4) is 0 Å². The van der Waals surface area contributed by atoms with Crippen LogP contribution in [0.4, 0.5) is 4.79 Å². The van der Waals surface area contributed by atoms with Gasteiger partial charge in [-0.3, -0.25) is 9.89 Å². The lowest BCUT2D eigenvalue weighted by molar-refractivity contribution is 0.0774. The molecule has 150 valence electrons. The molecule has 2 aliphatic rings. The van der Waals surface area contributed by atoms with Crippen LogP contribution in [0.15, 0.2) is 4.99 Å². The molecule has 0 aliphatic carbocycles. The Morgan fingerprint density at radius 1 is 1.27 bits per heavy atom. The van der Waals surface area contributed by atoms with Gasteiger partial charge in [-0.1, -0.05) is 6.92 Å². The summed E-state index contributed by atoms with van der Waals surface area (Å²) in [4.78, 5) is 20.7. The van der Waals surface area contributed by atoms with Crippen molar-refractivity contribution in [3.05, 3.63) is 0 Å². The van der Waals surface area contributed by atoms with E-state index >= 15 is 0 Å². The number of nitrogens with two attached hydrogens (primary N) is 1. The van der Waals surface area contributed by atoms with Crippen LogP contribution in [-0.4, -0.2) is 72.8 Å². The fourth-order valence-corrected chi connectivity index (χ4v) is 3.79. The predicted molar refractivity (Wildman–Crippen MR) is 105 cm³/mol. The second kappa shape index (κ2) is 9.44. The van der Waals surface area contributed by atoms with Crippen LogP contribution in [0.2, 0.25) is 0 Å². The van der Waals surface area contributed by atoms with Gasteiger partial charge in [-0.25, -0.2) is 4.79 Å². The lowest BCUT2D eigenvalue weighted by Gasteiger charge is -2.42. The molecule has 7 heteroatoms. The summed E-state index contributed by atoms with van der Waals surface area (Å²) in [7, 11) is 0. The van der Waals surface area contributed by atoms with Crippen molar-refractivity contribution in [2.24, 2.45) is 16.6 Å². The fourth-order valence-electron chi connectivity index (χ4n) is 3.79. The number of carbonyl (C=O) groups excluding carboxylic acids is 1. The standard InChI is InChI=1S/C19H37N5O2/c1-5-26-18(25)23-11-8-16(9-12-23)22-17(20)21-14-19(3,4)24-10-6-7-15(2)13-24/h15-16H,5-14H2,1-4H3,(H3,20,21,22). The third-order valence-electron chi connectivity index (χ3n) is 5.52.